The highest BCUT2D eigenvalue weighted by molar-refractivity contribution is 9.09. The number of fused-ring (bicyclic) bond motifs is 1. The van der Waals surface area contributed by atoms with Crippen LogP contribution in [0.1, 0.15) is 12.8 Å². The van der Waals surface area contributed by atoms with Crippen molar-refractivity contribution in [2.45, 2.75) is 18.9 Å². The van der Waals surface area contributed by atoms with E-state index in [2.05, 4.69) is 31.9 Å². The number of methoxy groups -OCH3 is 1. The van der Waals surface area contributed by atoms with Crippen LogP contribution < -0.4 is 9.64 Å². The lowest BCUT2D eigenvalue weighted by molar-refractivity contribution is 0.420. The third-order valence-corrected chi connectivity index (χ3v) is 4.54. The van der Waals surface area contributed by atoms with Gasteiger partial charge in [0.1, 0.15) is 11.6 Å². The normalized spacial score (nSPS) is 19.1. The number of halogens is 1. The fourth-order valence-electron chi connectivity index (χ4n) is 2.84. The molecule has 1 saturated heterocycles. The first-order valence-corrected chi connectivity index (χ1v) is 7.71. The van der Waals surface area contributed by atoms with Crippen LogP contribution >= 0.6 is 15.9 Å². The number of aromatic nitrogens is 1. The molecule has 0 saturated carbocycles. The average molecular weight is 321 g/mol. The molecular weight excluding hydrogens is 304 g/mol. The van der Waals surface area contributed by atoms with Gasteiger partial charge in [-0.3, -0.25) is 0 Å². The van der Waals surface area contributed by atoms with Gasteiger partial charge in [-0.1, -0.05) is 28.1 Å². The van der Waals surface area contributed by atoms with Gasteiger partial charge in [0.25, 0.3) is 0 Å². The van der Waals surface area contributed by atoms with Crippen molar-refractivity contribution in [2.24, 2.45) is 0 Å². The molecule has 0 N–H and O–H groups in total. The number of pyridine rings is 1. The van der Waals surface area contributed by atoms with Crippen molar-refractivity contribution in [3.05, 3.63) is 30.5 Å². The molecule has 1 unspecified atom stereocenters. The molecule has 1 aliphatic heterocycles. The summed E-state index contributed by atoms with van der Waals surface area (Å²) in [5.41, 5.74) is 0. The fourth-order valence-corrected chi connectivity index (χ4v) is 3.52. The summed E-state index contributed by atoms with van der Waals surface area (Å²) in [5.74, 6) is 1.99. The van der Waals surface area contributed by atoms with Crippen molar-refractivity contribution in [1.29, 1.82) is 0 Å². The third kappa shape index (κ3) is 2.18. The van der Waals surface area contributed by atoms with E-state index in [0.29, 0.717) is 6.04 Å². The molecule has 1 aliphatic rings. The number of rotatable bonds is 3. The minimum atomic E-state index is 0.546. The number of alkyl halides is 1. The van der Waals surface area contributed by atoms with Crippen LogP contribution in [0, 0.1) is 0 Å². The monoisotopic (exact) mass is 320 g/mol. The van der Waals surface area contributed by atoms with E-state index >= 15 is 0 Å². The molecule has 4 heteroatoms. The number of anilines is 1. The molecule has 19 heavy (non-hydrogen) atoms. The summed E-state index contributed by atoms with van der Waals surface area (Å²) in [7, 11) is 1.71. The zero-order chi connectivity index (χ0) is 13.2. The molecule has 100 valence electrons. The topological polar surface area (TPSA) is 25.4 Å². The van der Waals surface area contributed by atoms with Crippen molar-refractivity contribution < 1.29 is 4.74 Å². The number of hydrogen-bond acceptors (Lipinski definition) is 3. The van der Waals surface area contributed by atoms with Gasteiger partial charge in [0.05, 0.1) is 7.11 Å². The Balaban J connectivity index is 2.14. The summed E-state index contributed by atoms with van der Waals surface area (Å²) in [6.07, 6.45) is 4.34. The van der Waals surface area contributed by atoms with Crippen molar-refractivity contribution >= 4 is 32.5 Å². The molecule has 1 aromatic carbocycles. The molecule has 0 spiro atoms. The van der Waals surface area contributed by atoms with Crippen molar-refractivity contribution in [2.75, 3.05) is 23.9 Å². The Morgan fingerprint density at radius 1 is 1.37 bits per heavy atom. The maximum atomic E-state index is 5.44. The van der Waals surface area contributed by atoms with E-state index in [1.54, 1.807) is 7.11 Å². The molecule has 3 nitrogen and oxygen atoms in total. The van der Waals surface area contributed by atoms with Gasteiger partial charge in [0, 0.05) is 34.9 Å². The number of hydrogen-bond donors (Lipinski definition) is 0. The highest BCUT2D eigenvalue weighted by atomic mass is 79.9. The Bertz CT molecular complexity index is 587. The van der Waals surface area contributed by atoms with Crippen LogP contribution in [0.25, 0.3) is 10.8 Å². The zero-order valence-electron chi connectivity index (χ0n) is 11.0. The maximum absolute atomic E-state index is 5.44. The van der Waals surface area contributed by atoms with Crippen LogP contribution in [-0.2, 0) is 0 Å². The summed E-state index contributed by atoms with van der Waals surface area (Å²) in [5, 5.41) is 3.31. The molecule has 0 amide bonds. The van der Waals surface area contributed by atoms with Gasteiger partial charge < -0.3 is 9.64 Å². The molecule has 0 bridgehead atoms. The van der Waals surface area contributed by atoms with Gasteiger partial charge in [-0.2, -0.15) is 0 Å². The van der Waals surface area contributed by atoms with Gasteiger partial charge in [-0.05, 0) is 25.0 Å². The molecule has 2 aromatic rings. The van der Waals surface area contributed by atoms with Crippen LogP contribution in [0.4, 0.5) is 5.82 Å². The first-order valence-electron chi connectivity index (χ1n) is 6.59. The van der Waals surface area contributed by atoms with E-state index in [0.717, 1.165) is 28.8 Å². The van der Waals surface area contributed by atoms with Gasteiger partial charge in [-0.25, -0.2) is 4.98 Å². The standard InChI is InChI=1S/C15H17BrN2O/c1-19-14-6-2-5-13-12(14)7-8-17-15(13)18-9-3-4-11(18)10-16/h2,5-8,11H,3-4,9-10H2,1H3. The van der Waals surface area contributed by atoms with Crippen LogP contribution in [0.5, 0.6) is 5.75 Å². The minimum Gasteiger partial charge on any atom is -0.496 e. The maximum Gasteiger partial charge on any atom is 0.136 e. The Morgan fingerprint density at radius 3 is 3.05 bits per heavy atom. The summed E-state index contributed by atoms with van der Waals surface area (Å²) >= 11 is 3.61. The average Bonchev–Trinajstić information content (AvgIpc) is 2.94. The second kappa shape index (κ2) is 5.37. The van der Waals surface area contributed by atoms with Gasteiger partial charge in [-0.15, -0.1) is 0 Å². The Labute approximate surface area is 121 Å². The van der Waals surface area contributed by atoms with E-state index in [1.165, 1.54) is 18.2 Å². The SMILES string of the molecule is COc1cccc2c(N3CCCC3CBr)nccc12. The van der Waals surface area contributed by atoms with Crippen LogP contribution in [0.3, 0.4) is 0 Å². The summed E-state index contributed by atoms with van der Waals surface area (Å²) < 4.78 is 5.44. The number of nitrogens with zero attached hydrogens (tertiary/aromatic N) is 2. The van der Waals surface area contributed by atoms with E-state index in [9.17, 15) is 0 Å². The van der Waals surface area contributed by atoms with Gasteiger partial charge >= 0.3 is 0 Å². The van der Waals surface area contributed by atoms with E-state index < -0.39 is 0 Å². The highest BCUT2D eigenvalue weighted by Crippen LogP contribution is 2.34. The summed E-state index contributed by atoms with van der Waals surface area (Å²) in [4.78, 5) is 7.03. The lowest BCUT2D eigenvalue weighted by Gasteiger charge is -2.25. The van der Waals surface area contributed by atoms with Crippen LogP contribution in [0.15, 0.2) is 30.5 Å². The lowest BCUT2D eigenvalue weighted by atomic mass is 10.1. The summed E-state index contributed by atoms with van der Waals surface area (Å²) in [6, 6.07) is 8.73. The van der Waals surface area contributed by atoms with Crippen molar-refractivity contribution in [3.8, 4) is 5.75 Å². The van der Waals surface area contributed by atoms with Gasteiger partial charge in [0.15, 0.2) is 0 Å². The predicted molar refractivity (Wildman–Crippen MR) is 82.5 cm³/mol. The van der Waals surface area contributed by atoms with E-state index in [4.69, 9.17) is 4.74 Å². The van der Waals surface area contributed by atoms with E-state index in [1.807, 2.05) is 24.4 Å². The largest absolute Gasteiger partial charge is 0.496 e. The fraction of sp³-hybridized carbons (Fsp3) is 0.400. The Kier molecular flexibility index (Phi) is 3.60. The van der Waals surface area contributed by atoms with E-state index in [-0.39, 0.29) is 0 Å². The lowest BCUT2D eigenvalue weighted by Crippen LogP contribution is -2.31. The molecule has 3 rings (SSSR count). The van der Waals surface area contributed by atoms with Gasteiger partial charge in [0.2, 0.25) is 0 Å². The predicted octanol–water partition coefficient (Wildman–Crippen LogP) is 3.61. The third-order valence-electron chi connectivity index (χ3n) is 3.79. The molecule has 0 radical (unpaired) electrons. The smallest absolute Gasteiger partial charge is 0.136 e. The molecular formula is C15H17BrN2O. The van der Waals surface area contributed by atoms with Crippen molar-refractivity contribution in [3.63, 3.8) is 0 Å². The zero-order valence-corrected chi connectivity index (χ0v) is 12.6. The van der Waals surface area contributed by atoms with Crippen molar-refractivity contribution in [1.82, 2.24) is 4.98 Å². The molecule has 1 aromatic heterocycles. The van der Waals surface area contributed by atoms with Crippen LogP contribution in [-0.4, -0.2) is 30.0 Å². The second-order valence-corrected chi connectivity index (χ2v) is 5.48. The highest BCUT2D eigenvalue weighted by Gasteiger charge is 2.26. The Morgan fingerprint density at radius 2 is 2.26 bits per heavy atom. The molecule has 1 fully saturated rings. The second-order valence-electron chi connectivity index (χ2n) is 4.83. The number of benzene rings is 1. The Hall–Kier alpha value is -1.29. The molecule has 2 heterocycles. The quantitative estimate of drug-likeness (QED) is 0.808. The number of ether oxygens (including phenoxy) is 1. The minimum absolute atomic E-state index is 0.546. The molecule has 1 atom stereocenters. The first kappa shape index (κ1) is 12.7. The summed E-state index contributed by atoms with van der Waals surface area (Å²) in [6.45, 7) is 1.08. The first-order chi connectivity index (χ1) is 9.35. The molecule has 0 aliphatic carbocycles. The van der Waals surface area contributed by atoms with Crippen LogP contribution in [0.2, 0.25) is 0 Å².